The van der Waals surface area contributed by atoms with E-state index >= 15 is 0 Å². The topological polar surface area (TPSA) is 50.1 Å². The molecule has 0 saturated carbocycles. The first-order valence-corrected chi connectivity index (χ1v) is 8.12. The van der Waals surface area contributed by atoms with Gasteiger partial charge in [0.15, 0.2) is 5.16 Å². The molecule has 110 valence electrons. The van der Waals surface area contributed by atoms with Gasteiger partial charge in [-0.2, -0.15) is 0 Å². The maximum atomic E-state index is 9.64. The van der Waals surface area contributed by atoms with Crippen molar-refractivity contribution in [2.24, 2.45) is 7.05 Å². The molecule has 1 heterocycles. The smallest absolute Gasteiger partial charge is 0.167 e. The van der Waals surface area contributed by atoms with Gasteiger partial charge in [-0.05, 0) is 32.2 Å². The molecule has 0 aliphatic carbocycles. The zero-order chi connectivity index (χ0) is 14.1. The molecule has 0 spiro atoms. The SMILES string of the molecule is CCCNC(CC)(CO)CCCSc1nccn1C. The van der Waals surface area contributed by atoms with Gasteiger partial charge in [-0.25, -0.2) is 4.98 Å². The highest BCUT2D eigenvalue weighted by Crippen LogP contribution is 2.21. The maximum absolute atomic E-state index is 9.64. The molecule has 19 heavy (non-hydrogen) atoms. The van der Waals surface area contributed by atoms with Crippen LogP contribution in [0.25, 0.3) is 0 Å². The molecule has 0 fully saturated rings. The fraction of sp³-hybridized carbons (Fsp3) is 0.786. The number of aliphatic hydroxyl groups is 1. The van der Waals surface area contributed by atoms with E-state index < -0.39 is 0 Å². The van der Waals surface area contributed by atoms with Crippen molar-refractivity contribution in [1.82, 2.24) is 14.9 Å². The number of nitrogens with zero attached hydrogens (tertiary/aromatic N) is 2. The van der Waals surface area contributed by atoms with Crippen molar-refractivity contribution in [2.75, 3.05) is 18.9 Å². The van der Waals surface area contributed by atoms with Crippen LogP contribution in [-0.2, 0) is 7.05 Å². The average molecular weight is 285 g/mol. The lowest BCUT2D eigenvalue weighted by Gasteiger charge is -2.32. The second kappa shape index (κ2) is 8.61. The van der Waals surface area contributed by atoms with E-state index in [1.165, 1.54) is 0 Å². The number of imidazole rings is 1. The van der Waals surface area contributed by atoms with Gasteiger partial charge >= 0.3 is 0 Å². The molecule has 0 saturated heterocycles. The Morgan fingerprint density at radius 1 is 1.47 bits per heavy atom. The molecular formula is C14H27N3OS. The van der Waals surface area contributed by atoms with Crippen LogP contribution in [0, 0.1) is 0 Å². The number of aromatic nitrogens is 2. The van der Waals surface area contributed by atoms with E-state index in [1.54, 1.807) is 11.8 Å². The van der Waals surface area contributed by atoms with Crippen LogP contribution < -0.4 is 5.32 Å². The Labute approximate surface area is 121 Å². The van der Waals surface area contributed by atoms with Crippen molar-refractivity contribution in [2.45, 2.75) is 50.2 Å². The minimum Gasteiger partial charge on any atom is -0.394 e. The number of nitrogens with one attached hydrogen (secondary N) is 1. The fourth-order valence-electron chi connectivity index (χ4n) is 2.09. The van der Waals surface area contributed by atoms with Crippen LogP contribution in [0.4, 0.5) is 0 Å². The summed E-state index contributed by atoms with van der Waals surface area (Å²) in [6.07, 6.45) is 7.96. The van der Waals surface area contributed by atoms with Crippen LogP contribution in [-0.4, -0.2) is 39.1 Å². The minimum absolute atomic E-state index is 0.0990. The van der Waals surface area contributed by atoms with Crippen molar-refractivity contribution in [3.8, 4) is 0 Å². The molecule has 5 heteroatoms. The normalized spacial score (nSPS) is 14.5. The predicted octanol–water partition coefficient (Wildman–Crippen LogP) is 2.43. The van der Waals surface area contributed by atoms with Gasteiger partial charge in [-0.3, -0.25) is 0 Å². The molecule has 0 amide bonds. The molecule has 0 aromatic carbocycles. The molecule has 0 aliphatic rings. The molecule has 1 aromatic rings. The fourth-order valence-corrected chi connectivity index (χ4v) is 2.96. The molecular weight excluding hydrogens is 258 g/mol. The molecule has 0 radical (unpaired) electrons. The summed E-state index contributed by atoms with van der Waals surface area (Å²) in [5, 5.41) is 14.2. The number of thioether (sulfide) groups is 1. The van der Waals surface area contributed by atoms with Crippen molar-refractivity contribution in [3.63, 3.8) is 0 Å². The van der Waals surface area contributed by atoms with Crippen LogP contribution in [0.5, 0.6) is 0 Å². The Balaban J connectivity index is 2.33. The van der Waals surface area contributed by atoms with Gasteiger partial charge < -0.3 is 15.0 Å². The van der Waals surface area contributed by atoms with Gasteiger partial charge in [0.25, 0.3) is 0 Å². The number of aliphatic hydroxyl groups excluding tert-OH is 1. The third-order valence-electron chi connectivity index (χ3n) is 3.54. The van der Waals surface area contributed by atoms with Crippen LogP contribution in [0.15, 0.2) is 17.6 Å². The molecule has 2 N–H and O–H groups in total. The van der Waals surface area contributed by atoms with Crippen molar-refractivity contribution >= 4 is 11.8 Å². The zero-order valence-corrected chi connectivity index (χ0v) is 13.2. The van der Waals surface area contributed by atoms with E-state index in [2.05, 4.69) is 24.1 Å². The molecule has 0 aliphatic heterocycles. The Morgan fingerprint density at radius 3 is 2.79 bits per heavy atom. The predicted molar refractivity (Wildman–Crippen MR) is 81.6 cm³/mol. The largest absolute Gasteiger partial charge is 0.394 e. The lowest BCUT2D eigenvalue weighted by Crippen LogP contribution is -2.48. The molecule has 4 nitrogen and oxygen atoms in total. The van der Waals surface area contributed by atoms with Gasteiger partial charge in [0, 0.05) is 30.7 Å². The van der Waals surface area contributed by atoms with Gasteiger partial charge in [-0.15, -0.1) is 0 Å². The molecule has 0 bridgehead atoms. The van der Waals surface area contributed by atoms with E-state index in [0.29, 0.717) is 0 Å². The summed E-state index contributed by atoms with van der Waals surface area (Å²) in [6.45, 7) is 5.49. The Hall–Kier alpha value is -0.520. The lowest BCUT2D eigenvalue weighted by atomic mass is 9.91. The Kier molecular flexibility index (Phi) is 7.49. The number of aryl methyl sites for hydroxylation is 1. The highest BCUT2D eigenvalue weighted by molar-refractivity contribution is 7.99. The van der Waals surface area contributed by atoms with Gasteiger partial charge in [0.1, 0.15) is 0 Å². The van der Waals surface area contributed by atoms with E-state index in [9.17, 15) is 5.11 Å². The minimum atomic E-state index is -0.0990. The molecule has 1 unspecified atom stereocenters. The number of hydrogen-bond donors (Lipinski definition) is 2. The van der Waals surface area contributed by atoms with E-state index in [-0.39, 0.29) is 12.1 Å². The summed E-state index contributed by atoms with van der Waals surface area (Å²) in [6, 6.07) is 0. The summed E-state index contributed by atoms with van der Waals surface area (Å²) in [4.78, 5) is 4.30. The monoisotopic (exact) mass is 285 g/mol. The first-order chi connectivity index (χ1) is 9.17. The van der Waals surface area contributed by atoms with Crippen LogP contribution in [0.1, 0.15) is 39.5 Å². The van der Waals surface area contributed by atoms with Crippen LogP contribution in [0.2, 0.25) is 0 Å². The van der Waals surface area contributed by atoms with Gasteiger partial charge in [0.2, 0.25) is 0 Å². The Morgan fingerprint density at radius 2 is 2.26 bits per heavy atom. The number of hydrogen-bond acceptors (Lipinski definition) is 4. The summed E-state index contributed by atoms with van der Waals surface area (Å²) < 4.78 is 2.04. The third-order valence-corrected chi connectivity index (χ3v) is 4.68. The molecule has 1 atom stereocenters. The summed E-state index contributed by atoms with van der Waals surface area (Å²) in [5.74, 6) is 1.04. The molecule has 1 aromatic heterocycles. The second-order valence-electron chi connectivity index (χ2n) is 4.99. The second-order valence-corrected chi connectivity index (χ2v) is 6.05. The zero-order valence-electron chi connectivity index (χ0n) is 12.4. The third kappa shape index (κ3) is 5.16. The summed E-state index contributed by atoms with van der Waals surface area (Å²) >= 11 is 1.78. The average Bonchev–Trinajstić information content (AvgIpc) is 2.84. The van der Waals surface area contributed by atoms with Crippen molar-refractivity contribution < 1.29 is 5.11 Å². The lowest BCUT2D eigenvalue weighted by molar-refractivity contribution is 0.146. The highest BCUT2D eigenvalue weighted by Gasteiger charge is 2.25. The maximum Gasteiger partial charge on any atom is 0.167 e. The Bertz CT molecular complexity index is 350. The van der Waals surface area contributed by atoms with Gasteiger partial charge in [0.05, 0.1) is 6.61 Å². The summed E-state index contributed by atoms with van der Waals surface area (Å²) in [5.41, 5.74) is -0.0990. The first kappa shape index (κ1) is 16.5. The summed E-state index contributed by atoms with van der Waals surface area (Å²) in [7, 11) is 2.02. The molecule has 1 rings (SSSR count). The van der Waals surface area contributed by atoms with E-state index in [1.807, 2.05) is 24.0 Å². The highest BCUT2D eigenvalue weighted by atomic mass is 32.2. The van der Waals surface area contributed by atoms with Crippen molar-refractivity contribution in [3.05, 3.63) is 12.4 Å². The van der Waals surface area contributed by atoms with Crippen LogP contribution in [0.3, 0.4) is 0 Å². The van der Waals surface area contributed by atoms with E-state index in [0.717, 1.165) is 43.1 Å². The standard InChI is InChI=1S/C14H27N3OS/c1-4-8-16-14(5-2,12-18)7-6-11-19-13-15-9-10-17(13)3/h9-10,16,18H,4-8,11-12H2,1-3H3. The van der Waals surface area contributed by atoms with Crippen molar-refractivity contribution in [1.29, 1.82) is 0 Å². The van der Waals surface area contributed by atoms with Gasteiger partial charge in [-0.1, -0.05) is 25.6 Å². The first-order valence-electron chi connectivity index (χ1n) is 7.13. The van der Waals surface area contributed by atoms with E-state index in [4.69, 9.17) is 0 Å². The van der Waals surface area contributed by atoms with Crippen LogP contribution >= 0.6 is 11.8 Å². The number of rotatable bonds is 10. The quantitative estimate of drug-likeness (QED) is 0.512.